The van der Waals surface area contributed by atoms with Crippen LogP contribution in [0.25, 0.3) is 0 Å². The van der Waals surface area contributed by atoms with E-state index in [4.69, 9.17) is 0 Å². The van der Waals surface area contributed by atoms with E-state index in [-0.39, 0.29) is 12.2 Å². The molecule has 0 spiro atoms. The van der Waals surface area contributed by atoms with Crippen LogP contribution >= 0.6 is 0 Å². The van der Waals surface area contributed by atoms with Gasteiger partial charge in [-0.25, -0.2) is 8.78 Å². The molecule has 1 aromatic carbocycles. The Bertz CT molecular complexity index is 369. The van der Waals surface area contributed by atoms with Crippen molar-refractivity contribution in [1.29, 1.82) is 0 Å². The van der Waals surface area contributed by atoms with E-state index in [0.717, 1.165) is 12.5 Å². The van der Waals surface area contributed by atoms with Gasteiger partial charge in [-0.3, -0.25) is 4.79 Å². The number of carbonyl (C=O) groups excluding carboxylic acids is 1. The first-order valence-electron chi connectivity index (χ1n) is 5.09. The number of hydrogen-bond donors (Lipinski definition) is 2. The summed E-state index contributed by atoms with van der Waals surface area (Å²) in [6.07, 6.45) is 0.904. The fraction of sp³-hybridized carbons (Fsp3) is 0.364. The zero-order chi connectivity index (χ0) is 12.0. The molecule has 0 saturated heterocycles. The van der Waals surface area contributed by atoms with Gasteiger partial charge in [0.15, 0.2) is 11.6 Å². The number of carbonyl (C=O) groups is 1. The average Bonchev–Trinajstić information content (AvgIpc) is 2.25. The molecule has 5 heteroatoms. The van der Waals surface area contributed by atoms with Crippen LogP contribution in [0.2, 0.25) is 0 Å². The molecule has 0 aromatic heterocycles. The van der Waals surface area contributed by atoms with Crippen molar-refractivity contribution in [2.24, 2.45) is 0 Å². The normalized spacial score (nSPS) is 10.2. The molecule has 3 nitrogen and oxygen atoms in total. The maximum Gasteiger partial charge on any atom is 0.238 e. The number of hydrogen-bond acceptors (Lipinski definition) is 2. The van der Waals surface area contributed by atoms with E-state index in [2.05, 4.69) is 10.6 Å². The van der Waals surface area contributed by atoms with Gasteiger partial charge in [0.25, 0.3) is 0 Å². The third kappa shape index (κ3) is 3.58. The average molecular weight is 228 g/mol. The van der Waals surface area contributed by atoms with Crippen LogP contribution in [0, 0.1) is 11.6 Å². The number of nitrogens with one attached hydrogen (secondary N) is 2. The quantitative estimate of drug-likeness (QED) is 0.756. The second kappa shape index (κ2) is 6.17. The summed E-state index contributed by atoms with van der Waals surface area (Å²) in [5.41, 5.74) is -0.136. The molecule has 1 aromatic rings. The molecular weight excluding hydrogens is 214 g/mol. The Morgan fingerprint density at radius 1 is 1.38 bits per heavy atom. The second-order valence-corrected chi connectivity index (χ2v) is 3.33. The van der Waals surface area contributed by atoms with Crippen molar-refractivity contribution >= 4 is 11.6 Å². The predicted octanol–water partition coefficient (Wildman–Crippen LogP) is 1.90. The fourth-order valence-corrected chi connectivity index (χ4v) is 1.17. The third-order valence-electron chi connectivity index (χ3n) is 1.94. The molecule has 0 aliphatic rings. The first-order valence-corrected chi connectivity index (χ1v) is 5.09. The van der Waals surface area contributed by atoms with Gasteiger partial charge in [0.2, 0.25) is 5.91 Å². The monoisotopic (exact) mass is 228 g/mol. The van der Waals surface area contributed by atoms with E-state index in [1.54, 1.807) is 0 Å². The zero-order valence-electron chi connectivity index (χ0n) is 9.02. The van der Waals surface area contributed by atoms with Crippen LogP contribution in [-0.4, -0.2) is 19.0 Å². The molecule has 1 rings (SSSR count). The highest BCUT2D eigenvalue weighted by molar-refractivity contribution is 5.92. The minimum atomic E-state index is -1.04. The standard InChI is InChI=1S/C11H14F2N2O/c1-2-6-14-7-10(16)15-9-5-3-4-8(12)11(9)13/h3-5,14H,2,6-7H2,1H3,(H,15,16). The van der Waals surface area contributed by atoms with E-state index in [0.29, 0.717) is 6.54 Å². The topological polar surface area (TPSA) is 41.1 Å². The van der Waals surface area contributed by atoms with Crippen LogP contribution in [0.5, 0.6) is 0 Å². The van der Waals surface area contributed by atoms with Crippen LogP contribution in [0.1, 0.15) is 13.3 Å². The summed E-state index contributed by atoms with van der Waals surface area (Å²) in [6.45, 7) is 2.76. The molecule has 0 fully saturated rings. The Labute approximate surface area is 92.8 Å². The lowest BCUT2D eigenvalue weighted by Crippen LogP contribution is -2.28. The van der Waals surface area contributed by atoms with E-state index < -0.39 is 17.5 Å². The summed E-state index contributed by atoms with van der Waals surface area (Å²) in [6, 6.07) is 3.66. The molecule has 0 saturated carbocycles. The fourth-order valence-electron chi connectivity index (χ4n) is 1.17. The van der Waals surface area contributed by atoms with Crippen molar-refractivity contribution in [3.05, 3.63) is 29.8 Å². The number of amides is 1. The van der Waals surface area contributed by atoms with Crippen LogP contribution in [-0.2, 0) is 4.79 Å². The molecule has 0 bridgehead atoms. The van der Waals surface area contributed by atoms with Crippen molar-refractivity contribution in [1.82, 2.24) is 5.32 Å². The van der Waals surface area contributed by atoms with E-state index >= 15 is 0 Å². The molecule has 0 radical (unpaired) electrons. The minimum absolute atomic E-state index is 0.0871. The molecule has 0 atom stereocenters. The van der Waals surface area contributed by atoms with Gasteiger partial charge in [0, 0.05) is 0 Å². The van der Waals surface area contributed by atoms with Gasteiger partial charge in [-0.2, -0.15) is 0 Å². The van der Waals surface area contributed by atoms with E-state index in [1.165, 1.54) is 12.1 Å². The minimum Gasteiger partial charge on any atom is -0.322 e. The molecule has 0 unspecified atom stereocenters. The molecular formula is C11H14F2N2O. The lowest BCUT2D eigenvalue weighted by molar-refractivity contribution is -0.115. The van der Waals surface area contributed by atoms with Crippen LogP contribution in [0.15, 0.2) is 18.2 Å². The Hall–Kier alpha value is -1.49. The Balaban J connectivity index is 2.53. The Morgan fingerprint density at radius 2 is 2.12 bits per heavy atom. The first kappa shape index (κ1) is 12.6. The highest BCUT2D eigenvalue weighted by Crippen LogP contribution is 2.15. The highest BCUT2D eigenvalue weighted by Gasteiger charge is 2.09. The van der Waals surface area contributed by atoms with Crippen LogP contribution in [0.4, 0.5) is 14.5 Å². The molecule has 0 aliphatic heterocycles. The summed E-state index contributed by atoms with van der Waals surface area (Å²) >= 11 is 0. The number of anilines is 1. The number of halogens is 2. The van der Waals surface area contributed by atoms with Gasteiger partial charge in [0.05, 0.1) is 12.2 Å². The summed E-state index contributed by atoms with van der Waals surface area (Å²) in [5.74, 6) is -2.40. The lowest BCUT2D eigenvalue weighted by Gasteiger charge is -2.07. The first-order chi connectivity index (χ1) is 7.65. The summed E-state index contributed by atoms with van der Waals surface area (Å²) in [4.78, 5) is 11.3. The molecule has 2 N–H and O–H groups in total. The smallest absolute Gasteiger partial charge is 0.238 e. The lowest BCUT2D eigenvalue weighted by atomic mass is 10.3. The van der Waals surface area contributed by atoms with Crippen molar-refractivity contribution in [2.75, 3.05) is 18.4 Å². The van der Waals surface area contributed by atoms with E-state index in [9.17, 15) is 13.6 Å². The second-order valence-electron chi connectivity index (χ2n) is 3.33. The van der Waals surface area contributed by atoms with Gasteiger partial charge in [0.1, 0.15) is 0 Å². The summed E-state index contributed by atoms with van der Waals surface area (Å²) in [7, 11) is 0. The zero-order valence-corrected chi connectivity index (χ0v) is 9.02. The number of rotatable bonds is 5. The SMILES string of the molecule is CCCNCC(=O)Nc1cccc(F)c1F. The van der Waals surface area contributed by atoms with Gasteiger partial charge >= 0.3 is 0 Å². The molecule has 88 valence electrons. The van der Waals surface area contributed by atoms with Gasteiger partial charge < -0.3 is 10.6 Å². The highest BCUT2D eigenvalue weighted by atomic mass is 19.2. The third-order valence-corrected chi connectivity index (χ3v) is 1.94. The van der Waals surface area contributed by atoms with Gasteiger partial charge in [-0.1, -0.05) is 13.0 Å². The predicted molar refractivity (Wildman–Crippen MR) is 58.1 cm³/mol. The largest absolute Gasteiger partial charge is 0.322 e. The maximum absolute atomic E-state index is 13.1. The van der Waals surface area contributed by atoms with Crippen LogP contribution in [0.3, 0.4) is 0 Å². The Morgan fingerprint density at radius 3 is 2.81 bits per heavy atom. The molecule has 0 aliphatic carbocycles. The van der Waals surface area contributed by atoms with Crippen molar-refractivity contribution in [3.8, 4) is 0 Å². The van der Waals surface area contributed by atoms with Crippen molar-refractivity contribution in [3.63, 3.8) is 0 Å². The van der Waals surface area contributed by atoms with E-state index in [1.807, 2.05) is 6.92 Å². The number of benzene rings is 1. The molecule has 16 heavy (non-hydrogen) atoms. The molecule has 1 amide bonds. The Kier molecular flexibility index (Phi) is 4.85. The van der Waals surface area contributed by atoms with Gasteiger partial charge in [-0.05, 0) is 25.1 Å². The summed E-state index contributed by atoms with van der Waals surface area (Å²) in [5, 5.41) is 5.15. The molecule has 0 heterocycles. The maximum atomic E-state index is 13.1. The van der Waals surface area contributed by atoms with Crippen molar-refractivity contribution in [2.45, 2.75) is 13.3 Å². The van der Waals surface area contributed by atoms with Gasteiger partial charge in [-0.15, -0.1) is 0 Å². The summed E-state index contributed by atoms with van der Waals surface area (Å²) < 4.78 is 25.9. The van der Waals surface area contributed by atoms with Crippen molar-refractivity contribution < 1.29 is 13.6 Å². The van der Waals surface area contributed by atoms with Crippen LogP contribution < -0.4 is 10.6 Å².